The minimum Gasteiger partial charge on any atom is -0.456 e. The molecule has 0 fully saturated rings. The van der Waals surface area contributed by atoms with Gasteiger partial charge < -0.3 is 8.83 Å². The number of benzene rings is 9. The summed E-state index contributed by atoms with van der Waals surface area (Å²) >= 11 is 1.86. The molecule has 51 heavy (non-hydrogen) atoms. The van der Waals surface area contributed by atoms with Crippen LogP contribution >= 0.6 is 11.3 Å². The van der Waals surface area contributed by atoms with Crippen molar-refractivity contribution in [3.8, 4) is 22.3 Å². The van der Waals surface area contributed by atoms with Crippen LogP contribution in [-0.2, 0) is 0 Å². The van der Waals surface area contributed by atoms with Gasteiger partial charge in [-0.05, 0) is 109 Å². The van der Waals surface area contributed by atoms with Gasteiger partial charge in [-0.3, -0.25) is 0 Å². The summed E-state index contributed by atoms with van der Waals surface area (Å²) in [5.74, 6) is 0. The Bertz CT molecular complexity index is 3370. The Labute approximate surface area is 295 Å². The molecule has 0 aliphatic rings. The minimum absolute atomic E-state index is 0.901. The molecule has 0 aliphatic heterocycles. The average molecular weight is 667 g/mol. The summed E-state index contributed by atoms with van der Waals surface area (Å²) < 4.78 is 15.7. The maximum absolute atomic E-state index is 6.68. The molecule has 3 aromatic heterocycles. The first-order chi connectivity index (χ1) is 25.3. The highest BCUT2D eigenvalue weighted by molar-refractivity contribution is 7.25. The normalized spacial score (nSPS) is 12.3. The minimum atomic E-state index is 0.901. The third-order valence-electron chi connectivity index (χ3n) is 10.8. The van der Waals surface area contributed by atoms with Crippen molar-refractivity contribution in [2.45, 2.75) is 0 Å². The molecule has 9 aromatic carbocycles. The Morgan fingerprint density at radius 3 is 1.57 bits per heavy atom. The monoisotopic (exact) mass is 666 g/mol. The van der Waals surface area contributed by atoms with Gasteiger partial charge in [0.15, 0.2) is 0 Å². The van der Waals surface area contributed by atoms with Crippen molar-refractivity contribution in [3.05, 3.63) is 158 Å². The van der Waals surface area contributed by atoms with Crippen LogP contribution in [0.1, 0.15) is 0 Å². The molecule has 0 amide bonds. The highest BCUT2D eigenvalue weighted by Crippen LogP contribution is 2.46. The Kier molecular flexibility index (Phi) is 5.41. The summed E-state index contributed by atoms with van der Waals surface area (Å²) in [5, 5.41) is 14.5. The molecule has 0 N–H and O–H groups in total. The van der Waals surface area contributed by atoms with Crippen LogP contribution in [-0.4, -0.2) is 0 Å². The van der Waals surface area contributed by atoms with Crippen LogP contribution in [0.25, 0.3) is 119 Å². The largest absolute Gasteiger partial charge is 0.456 e. The van der Waals surface area contributed by atoms with E-state index in [1.54, 1.807) is 0 Å². The molecular formula is C48H26O2S. The van der Waals surface area contributed by atoms with Crippen molar-refractivity contribution in [1.29, 1.82) is 0 Å². The van der Waals surface area contributed by atoms with E-state index in [9.17, 15) is 0 Å². The van der Waals surface area contributed by atoms with Crippen molar-refractivity contribution in [1.82, 2.24) is 0 Å². The van der Waals surface area contributed by atoms with Gasteiger partial charge in [-0.15, -0.1) is 11.3 Å². The number of furan rings is 2. The van der Waals surface area contributed by atoms with E-state index in [4.69, 9.17) is 8.83 Å². The second kappa shape index (κ2) is 10.1. The lowest BCUT2D eigenvalue weighted by Crippen LogP contribution is -1.90. The van der Waals surface area contributed by atoms with E-state index < -0.39 is 0 Å². The van der Waals surface area contributed by atoms with E-state index in [1.165, 1.54) is 69.0 Å². The number of thiophene rings is 1. The van der Waals surface area contributed by atoms with Crippen molar-refractivity contribution in [2.24, 2.45) is 0 Å². The van der Waals surface area contributed by atoms with Crippen LogP contribution in [0.15, 0.2) is 167 Å². The predicted molar refractivity (Wildman–Crippen MR) is 217 cm³/mol. The number of hydrogen-bond acceptors (Lipinski definition) is 3. The van der Waals surface area contributed by atoms with Crippen LogP contribution in [0.3, 0.4) is 0 Å². The maximum atomic E-state index is 6.68. The zero-order chi connectivity index (χ0) is 33.2. The van der Waals surface area contributed by atoms with Gasteiger partial charge in [0.2, 0.25) is 0 Å². The van der Waals surface area contributed by atoms with E-state index in [2.05, 4.69) is 146 Å². The van der Waals surface area contributed by atoms with Crippen LogP contribution in [0, 0.1) is 0 Å². The molecular weight excluding hydrogens is 641 g/mol. The third kappa shape index (κ3) is 3.81. The quantitative estimate of drug-likeness (QED) is 0.172. The first-order valence-electron chi connectivity index (χ1n) is 17.3. The molecule has 2 nitrogen and oxygen atoms in total. The van der Waals surface area contributed by atoms with Crippen molar-refractivity contribution >= 4 is 108 Å². The predicted octanol–water partition coefficient (Wildman–Crippen LogP) is 14.6. The standard InChI is InChI=1S/C48H26O2S/c1-3-13-35-33(11-1)46(28-17-20-31-30-9-5-7-15-40(30)49-42(31)23-28)34-12-2-4-14-36(34)47(35)29-18-21-37-43(24-29)50-41-22-19-27-25-45-39(26-38(27)48(37)41)32-10-6-8-16-44(32)51-45/h1-26H. The maximum Gasteiger partial charge on any atom is 0.136 e. The molecule has 236 valence electrons. The van der Waals surface area contributed by atoms with E-state index in [-0.39, 0.29) is 0 Å². The Hall–Kier alpha value is -6.42. The van der Waals surface area contributed by atoms with E-state index in [0.29, 0.717) is 0 Å². The highest BCUT2D eigenvalue weighted by Gasteiger charge is 2.20. The molecule has 0 spiro atoms. The molecule has 0 saturated heterocycles. The zero-order valence-electron chi connectivity index (χ0n) is 27.2. The SMILES string of the molecule is c1ccc2c(c1)oc1cc(-c3c4ccccc4c(-c4ccc5c(c4)oc4ccc6cc7sc8ccccc8c7cc6c45)c4ccccc34)ccc12. The van der Waals surface area contributed by atoms with Gasteiger partial charge in [0.05, 0.1) is 0 Å². The van der Waals surface area contributed by atoms with Gasteiger partial charge in [0.25, 0.3) is 0 Å². The second-order valence-corrected chi connectivity index (χ2v) is 14.7. The first kappa shape index (κ1) is 27.4. The lowest BCUT2D eigenvalue weighted by molar-refractivity contribution is 0.669. The molecule has 0 atom stereocenters. The van der Waals surface area contributed by atoms with Gasteiger partial charge in [-0.25, -0.2) is 0 Å². The van der Waals surface area contributed by atoms with E-state index in [0.717, 1.165) is 49.6 Å². The lowest BCUT2D eigenvalue weighted by Gasteiger charge is -2.17. The lowest BCUT2D eigenvalue weighted by atomic mass is 9.85. The molecule has 12 rings (SSSR count). The molecule has 12 aromatic rings. The van der Waals surface area contributed by atoms with Crippen LogP contribution in [0.2, 0.25) is 0 Å². The van der Waals surface area contributed by atoms with Gasteiger partial charge in [-0.2, -0.15) is 0 Å². The molecule has 3 heterocycles. The fraction of sp³-hybridized carbons (Fsp3) is 0. The fourth-order valence-electron chi connectivity index (χ4n) is 8.60. The van der Waals surface area contributed by atoms with Crippen LogP contribution in [0.5, 0.6) is 0 Å². The molecule has 0 unspecified atom stereocenters. The van der Waals surface area contributed by atoms with Gasteiger partial charge in [0, 0.05) is 41.7 Å². The molecule has 0 bridgehead atoms. The summed E-state index contributed by atoms with van der Waals surface area (Å²) in [6.07, 6.45) is 0. The van der Waals surface area contributed by atoms with Crippen molar-refractivity contribution in [3.63, 3.8) is 0 Å². The zero-order valence-corrected chi connectivity index (χ0v) is 28.1. The Morgan fingerprint density at radius 2 is 0.863 bits per heavy atom. The Balaban J connectivity index is 1.10. The average Bonchev–Trinajstić information content (AvgIpc) is 3.86. The van der Waals surface area contributed by atoms with Gasteiger partial charge >= 0.3 is 0 Å². The first-order valence-corrected chi connectivity index (χ1v) is 18.1. The van der Waals surface area contributed by atoms with E-state index in [1.807, 2.05) is 23.5 Å². The van der Waals surface area contributed by atoms with E-state index >= 15 is 0 Å². The second-order valence-electron chi connectivity index (χ2n) is 13.6. The third-order valence-corrected chi connectivity index (χ3v) is 12.0. The smallest absolute Gasteiger partial charge is 0.136 e. The fourth-order valence-corrected chi connectivity index (χ4v) is 9.74. The Morgan fingerprint density at radius 1 is 0.314 bits per heavy atom. The highest BCUT2D eigenvalue weighted by atomic mass is 32.1. The molecule has 0 saturated carbocycles. The summed E-state index contributed by atoms with van der Waals surface area (Å²) in [6.45, 7) is 0. The number of rotatable bonds is 2. The number of para-hydroxylation sites is 1. The summed E-state index contributed by atoms with van der Waals surface area (Å²) in [6, 6.07) is 57.1. The van der Waals surface area contributed by atoms with Gasteiger partial charge in [0.1, 0.15) is 22.3 Å². The number of fused-ring (bicyclic) bond motifs is 13. The summed E-state index contributed by atoms with van der Waals surface area (Å²) in [4.78, 5) is 0. The van der Waals surface area contributed by atoms with Gasteiger partial charge in [-0.1, -0.05) is 103 Å². The van der Waals surface area contributed by atoms with Crippen LogP contribution in [0.4, 0.5) is 0 Å². The van der Waals surface area contributed by atoms with Crippen molar-refractivity contribution in [2.75, 3.05) is 0 Å². The molecule has 3 heteroatoms. The molecule has 0 radical (unpaired) electrons. The molecule has 0 aliphatic carbocycles. The topological polar surface area (TPSA) is 26.3 Å². The van der Waals surface area contributed by atoms with Crippen molar-refractivity contribution < 1.29 is 8.83 Å². The summed E-state index contributed by atoms with van der Waals surface area (Å²) in [5.41, 5.74) is 8.36. The summed E-state index contributed by atoms with van der Waals surface area (Å²) in [7, 11) is 0. The van der Waals surface area contributed by atoms with Crippen LogP contribution < -0.4 is 0 Å². The number of hydrogen-bond donors (Lipinski definition) is 0.